The number of aliphatic hydroxyl groups is 1. The SMILES string of the molecule is Cc1cc2nc(C(C)(C)C)n(CO[Si])c2c(-c2cccc3[nH]c(CO)nc23)c1C. The van der Waals surface area contributed by atoms with E-state index in [1.807, 2.05) is 12.1 Å². The number of hydrogen-bond acceptors (Lipinski definition) is 4. The Morgan fingerprint density at radius 3 is 2.62 bits per heavy atom. The summed E-state index contributed by atoms with van der Waals surface area (Å²) in [5, 5.41) is 9.55. The number of para-hydroxylation sites is 1. The highest BCUT2D eigenvalue weighted by Gasteiger charge is 2.26. The lowest BCUT2D eigenvalue weighted by molar-refractivity contribution is 0.253. The number of rotatable bonds is 4. The van der Waals surface area contributed by atoms with Crippen molar-refractivity contribution in [3.05, 3.63) is 47.0 Å². The molecule has 29 heavy (non-hydrogen) atoms. The predicted molar refractivity (Wildman–Crippen MR) is 116 cm³/mol. The number of nitrogens with zero attached hydrogens (tertiary/aromatic N) is 3. The molecule has 4 rings (SSSR count). The lowest BCUT2D eigenvalue weighted by atomic mass is 9.94. The number of aromatic nitrogens is 4. The highest BCUT2D eigenvalue weighted by atomic mass is 28.2. The first-order chi connectivity index (χ1) is 13.8. The number of aliphatic hydroxyl groups excluding tert-OH is 1. The quantitative estimate of drug-likeness (QED) is 0.502. The van der Waals surface area contributed by atoms with Gasteiger partial charge < -0.3 is 19.1 Å². The largest absolute Gasteiger partial charge is 0.401 e. The Bertz CT molecular complexity index is 1220. The predicted octanol–water partition coefficient (Wildman–Crippen LogP) is 4.04. The number of benzene rings is 2. The molecule has 149 valence electrons. The normalized spacial score (nSPS) is 12.4. The van der Waals surface area contributed by atoms with Gasteiger partial charge in [0.15, 0.2) is 0 Å². The van der Waals surface area contributed by atoms with Crippen LogP contribution in [0, 0.1) is 13.8 Å². The molecule has 3 radical (unpaired) electrons. The Morgan fingerprint density at radius 1 is 1.21 bits per heavy atom. The molecule has 0 bridgehead atoms. The van der Waals surface area contributed by atoms with Crippen LogP contribution >= 0.6 is 0 Å². The van der Waals surface area contributed by atoms with Crippen molar-refractivity contribution < 1.29 is 9.53 Å². The second-order valence-corrected chi connectivity index (χ2v) is 8.78. The molecule has 4 aromatic rings. The van der Waals surface area contributed by atoms with Crippen molar-refractivity contribution in [1.82, 2.24) is 19.5 Å². The van der Waals surface area contributed by atoms with Crippen molar-refractivity contribution in [2.45, 2.75) is 53.4 Å². The molecule has 0 aliphatic rings. The fraction of sp³-hybridized carbons (Fsp3) is 0.364. The number of aromatic amines is 1. The Morgan fingerprint density at radius 2 is 1.97 bits per heavy atom. The van der Waals surface area contributed by atoms with Crippen LogP contribution in [0.5, 0.6) is 0 Å². The molecule has 0 aliphatic heterocycles. The molecule has 2 N–H and O–H groups in total. The van der Waals surface area contributed by atoms with Gasteiger partial charge in [0.05, 0.1) is 22.1 Å². The summed E-state index contributed by atoms with van der Waals surface area (Å²) in [7, 11) is 3.18. The molecule has 2 aromatic carbocycles. The molecule has 0 amide bonds. The van der Waals surface area contributed by atoms with Crippen LogP contribution in [0.4, 0.5) is 0 Å². The minimum absolute atomic E-state index is 0.125. The van der Waals surface area contributed by atoms with E-state index in [4.69, 9.17) is 9.41 Å². The molecular weight excluding hydrogens is 380 g/mol. The summed E-state index contributed by atoms with van der Waals surface area (Å²) in [5.41, 5.74) is 8.01. The maximum absolute atomic E-state index is 9.55. The van der Waals surface area contributed by atoms with Gasteiger partial charge in [0.1, 0.15) is 25.0 Å². The van der Waals surface area contributed by atoms with Crippen LogP contribution in [0.2, 0.25) is 0 Å². The Labute approximate surface area is 173 Å². The Hall–Kier alpha value is -2.48. The molecule has 0 saturated carbocycles. The summed E-state index contributed by atoms with van der Waals surface area (Å²) in [4.78, 5) is 12.8. The minimum Gasteiger partial charge on any atom is -0.401 e. The van der Waals surface area contributed by atoms with Crippen LogP contribution in [0.15, 0.2) is 24.3 Å². The van der Waals surface area contributed by atoms with E-state index in [1.165, 1.54) is 11.1 Å². The van der Waals surface area contributed by atoms with Crippen LogP contribution in [0.25, 0.3) is 33.2 Å². The van der Waals surface area contributed by atoms with Crippen molar-refractivity contribution >= 4 is 32.6 Å². The third-order valence-electron chi connectivity index (χ3n) is 5.40. The Kier molecular flexibility index (Phi) is 4.84. The van der Waals surface area contributed by atoms with E-state index in [-0.39, 0.29) is 12.0 Å². The average molecular weight is 406 g/mol. The van der Waals surface area contributed by atoms with Crippen molar-refractivity contribution in [3.63, 3.8) is 0 Å². The lowest BCUT2D eigenvalue weighted by Crippen LogP contribution is -2.20. The van der Waals surface area contributed by atoms with Crippen molar-refractivity contribution in [2.24, 2.45) is 0 Å². The maximum atomic E-state index is 9.55. The topological polar surface area (TPSA) is 76.0 Å². The zero-order valence-electron chi connectivity index (χ0n) is 17.4. The molecule has 0 fully saturated rings. The molecule has 0 spiro atoms. The highest BCUT2D eigenvalue weighted by molar-refractivity contribution is 6.03. The van der Waals surface area contributed by atoms with E-state index in [0.717, 1.165) is 39.0 Å². The summed E-state index contributed by atoms with van der Waals surface area (Å²) in [6.45, 7) is 10.9. The van der Waals surface area contributed by atoms with Crippen LogP contribution < -0.4 is 0 Å². The first kappa shape index (κ1) is 19.8. The number of fused-ring (bicyclic) bond motifs is 2. The monoisotopic (exact) mass is 405 g/mol. The summed E-state index contributed by atoms with van der Waals surface area (Å²) in [6.07, 6.45) is 0. The van der Waals surface area contributed by atoms with Crippen LogP contribution in [0.3, 0.4) is 0 Å². The number of hydrogen-bond donors (Lipinski definition) is 2. The zero-order chi connectivity index (χ0) is 20.9. The highest BCUT2D eigenvalue weighted by Crippen LogP contribution is 2.39. The molecule has 0 saturated heterocycles. The number of aryl methyl sites for hydroxylation is 1. The van der Waals surface area contributed by atoms with Gasteiger partial charge >= 0.3 is 0 Å². The van der Waals surface area contributed by atoms with Crippen molar-refractivity contribution in [2.75, 3.05) is 0 Å². The second-order valence-electron chi connectivity index (χ2n) is 8.49. The molecular formula is C22H25N4O2Si. The van der Waals surface area contributed by atoms with Gasteiger partial charge in [0.2, 0.25) is 10.5 Å². The smallest absolute Gasteiger partial charge is 0.248 e. The zero-order valence-corrected chi connectivity index (χ0v) is 18.4. The number of imidazole rings is 2. The molecule has 6 nitrogen and oxygen atoms in total. The van der Waals surface area contributed by atoms with Gasteiger partial charge in [-0.25, -0.2) is 9.97 Å². The fourth-order valence-corrected chi connectivity index (χ4v) is 4.10. The third kappa shape index (κ3) is 3.19. The molecule has 7 heteroatoms. The van der Waals surface area contributed by atoms with Crippen LogP contribution in [0.1, 0.15) is 43.5 Å². The van der Waals surface area contributed by atoms with E-state index in [0.29, 0.717) is 12.6 Å². The molecule has 2 heterocycles. The van der Waals surface area contributed by atoms with E-state index >= 15 is 0 Å². The fourth-order valence-electron chi connectivity index (χ4n) is 3.98. The molecule has 2 aromatic heterocycles. The average Bonchev–Trinajstić information content (AvgIpc) is 3.24. The molecule has 0 unspecified atom stereocenters. The summed E-state index contributed by atoms with van der Waals surface area (Å²) >= 11 is 0. The Balaban J connectivity index is 2.16. The van der Waals surface area contributed by atoms with Gasteiger partial charge in [-0.1, -0.05) is 32.9 Å². The first-order valence-electron chi connectivity index (χ1n) is 9.64. The van der Waals surface area contributed by atoms with Gasteiger partial charge in [-0.15, -0.1) is 0 Å². The standard InChI is InChI=1S/C22H25N4O2Si/c1-12-9-16-20(26(11-28-29)21(24-16)22(3,4)5)18(13(12)2)14-7-6-8-15-19(14)25-17(10-27)23-15/h6-9,27H,10-11H2,1-5H3,(H,23,25). The number of nitrogens with one attached hydrogen (secondary N) is 1. The minimum atomic E-state index is -0.148. The van der Waals surface area contributed by atoms with Gasteiger partial charge in [0, 0.05) is 16.5 Å². The van der Waals surface area contributed by atoms with Crippen molar-refractivity contribution in [1.29, 1.82) is 0 Å². The lowest BCUT2D eigenvalue weighted by Gasteiger charge is -2.21. The van der Waals surface area contributed by atoms with Gasteiger partial charge in [0.25, 0.3) is 0 Å². The summed E-state index contributed by atoms with van der Waals surface area (Å²) in [6, 6.07) is 8.20. The van der Waals surface area contributed by atoms with E-state index in [1.54, 1.807) is 0 Å². The van der Waals surface area contributed by atoms with E-state index in [2.05, 4.69) is 71.8 Å². The summed E-state index contributed by atoms with van der Waals surface area (Å²) in [5.74, 6) is 1.52. The van der Waals surface area contributed by atoms with Gasteiger partial charge in [-0.2, -0.15) is 0 Å². The summed E-state index contributed by atoms with van der Waals surface area (Å²) < 4.78 is 7.50. The van der Waals surface area contributed by atoms with Crippen LogP contribution in [-0.4, -0.2) is 35.1 Å². The molecule has 0 atom stereocenters. The van der Waals surface area contributed by atoms with E-state index in [9.17, 15) is 5.11 Å². The third-order valence-corrected chi connectivity index (χ3v) is 5.53. The molecule has 0 aliphatic carbocycles. The van der Waals surface area contributed by atoms with E-state index < -0.39 is 0 Å². The second kappa shape index (κ2) is 7.09. The van der Waals surface area contributed by atoms with Crippen LogP contribution in [-0.2, 0) is 23.2 Å². The van der Waals surface area contributed by atoms with Crippen molar-refractivity contribution in [3.8, 4) is 11.1 Å². The number of H-pyrrole nitrogens is 1. The van der Waals surface area contributed by atoms with Gasteiger partial charge in [-0.05, 0) is 37.1 Å². The van der Waals surface area contributed by atoms with Gasteiger partial charge in [-0.3, -0.25) is 0 Å². The first-order valence-corrected chi connectivity index (χ1v) is 10.1. The maximum Gasteiger partial charge on any atom is 0.248 e.